The molecule has 9 heteroatoms. The molecule has 1 N–H and O–H groups in total. The number of methoxy groups -OCH3 is 2. The van der Waals surface area contributed by atoms with Crippen molar-refractivity contribution in [1.82, 2.24) is 15.1 Å². The zero-order chi connectivity index (χ0) is 24.8. The Labute approximate surface area is 210 Å². The molecule has 0 aliphatic carbocycles. The fraction of sp³-hybridized carbons (Fsp3) is 0.519. The van der Waals surface area contributed by atoms with Gasteiger partial charge >= 0.3 is 5.97 Å². The number of fused-ring (bicyclic) bond motifs is 2. The average molecular weight is 494 g/mol. The van der Waals surface area contributed by atoms with Gasteiger partial charge in [0.15, 0.2) is 29.2 Å². The SMILES string of the molecule is COc1ccc2c(c1OC)C(=O)O[C@H]2NC1N2CC3(C)CN1CC(C)(C2)C3c1ccc2c(c1)OCO2. The van der Waals surface area contributed by atoms with Crippen LogP contribution in [0.15, 0.2) is 30.3 Å². The van der Waals surface area contributed by atoms with E-state index in [0.29, 0.717) is 29.8 Å². The first-order valence-corrected chi connectivity index (χ1v) is 12.4. The molecule has 4 fully saturated rings. The molecule has 36 heavy (non-hydrogen) atoms. The lowest BCUT2D eigenvalue weighted by atomic mass is 9.53. The van der Waals surface area contributed by atoms with Crippen molar-refractivity contribution in [3.63, 3.8) is 0 Å². The number of piperidine rings is 2. The largest absolute Gasteiger partial charge is 0.493 e. The van der Waals surface area contributed by atoms with Crippen LogP contribution < -0.4 is 24.3 Å². The number of hydrogen-bond acceptors (Lipinski definition) is 9. The van der Waals surface area contributed by atoms with Crippen molar-refractivity contribution in [1.29, 1.82) is 0 Å². The Hall–Kier alpha value is -3.01. The molecule has 6 heterocycles. The molecule has 0 amide bonds. The van der Waals surface area contributed by atoms with E-state index in [9.17, 15) is 4.79 Å². The third kappa shape index (κ3) is 2.96. The predicted octanol–water partition coefficient (Wildman–Crippen LogP) is 2.92. The second-order valence-electron chi connectivity index (χ2n) is 11.3. The second kappa shape index (κ2) is 7.50. The molecule has 6 aliphatic rings. The molecule has 1 atom stereocenters. The van der Waals surface area contributed by atoms with Crippen LogP contribution in [0, 0.1) is 10.8 Å². The molecule has 0 spiro atoms. The fourth-order valence-electron chi connectivity index (χ4n) is 7.82. The molecular formula is C27H31N3O6. The third-order valence-corrected chi connectivity index (χ3v) is 8.66. The molecule has 0 unspecified atom stereocenters. The molecule has 4 bridgehead atoms. The van der Waals surface area contributed by atoms with Gasteiger partial charge < -0.3 is 23.7 Å². The first kappa shape index (κ1) is 22.2. The maximum absolute atomic E-state index is 12.8. The Morgan fingerprint density at radius 2 is 1.64 bits per heavy atom. The monoisotopic (exact) mass is 493 g/mol. The smallest absolute Gasteiger partial charge is 0.344 e. The zero-order valence-corrected chi connectivity index (χ0v) is 21.0. The van der Waals surface area contributed by atoms with Crippen LogP contribution in [-0.4, -0.2) is 69.3 Å². The standard InChI is InChI=1S/C27H31N3O6/c1-26-10-29-12-27(2,22(26)15-5-7-17-19(9-15)35-14-34-17)13-30(11-26)25(29)28-23-16-6-8-18(32-3)21(33-4)20(16)24(31)36-23/h5-9,22-23,25,28H,10-14H2,1-4H3/t22?,23-,25?,26?,27?/m1/s1. The summed E-state index contributed by atoms with van der Waals surface area (Å²) in [5.74, 6) is 2.63. The van der Waals surface area contributed by atoms with Gasteiger partial charge in [-0.05, 0) is 35.7 Å². The van der Waals surface area contributed by atoms with Crippen LogP contribution in [0.4, 0.5) is 0 Å². The van der Waals surface area contributed by atoms with Gasteiger partial charge in [-0.15, -0.1) is 0 Å². The van der Waals surface area contributed by atoms with E-state index in [2.05, 4.69) is 47.2 Å². The van der Waals surface area contributed by atoms with Crippen molar-refractivity contribution in [2.75, 3.05) is 47.2 Å². The van der Waals surface area contributed by atoms with Gasteiger partial charge in [-0.25, -0.2) is 10.1 Å². The minimum atomic E-state index is -0.542. The van der Waals surface area contributed by atoms with E-state index in [1.807, 2.05) is 12.1 Å². The number of nitrogens with one attached hydrogen (secondary N) is 1. The van der Waals surface area contributed by atoms with Crippen molar-refractivity contribution in [2.24, 2.45) is 10.8 Å². The van der Waals surface area contributed by atoms with Crippen LogP contribution in [0.2, 0.25) is 0 Å². The lowest BCUT2D eigenvalue weighted by Gasteiger charge is -2.69. The molecule has 2 aromatic carbocycles. The van der Waals surface area contributed by atoms with E-state index >= 15 is 0 Å². The number of esters is 1. The van der Waals surface area contributed by atoms with E-state index in [4.69, 9.17) is 23.7 Å². The van der Waals surface area contributed by atoms with Crippen LogP contribution in [0.3, 0.4) is 0 Å². The van der Waals surface area contributed by atoms with Crippen LogP contribution in [-0.2, 0) is 4.74 Å². The Kier molecular flexibility index (Phi) is 4.63. The molecule has 190 valence electrons. The van der Waals surface area contributed by atoms with Gasteiger partial charge in [0.05, 0.1) is 14.2 Å². The number of carbonyl (C=O) groups excluding carboxylic acids is 1. The van der Waals surface area contributed by atoms with Crippen LogP contribution in [0.25, 0.3) is 0 Å². The van der Waals surface area contributed by atoms with Gasteiger partial charge in [-0.1, -0.05) is 19.9 Å². The van der Waals surface area contributed by atoms with Crippen molar-refractivity contribution in [3.05, 3.63) is 47.0 Å². The number of ether oxygens (including phenoxy) is 5. The van der Waals surface area contributed by atoms with E-state index < -0.39 is 12.2 Å². The Bertz CT molecular complexity index is 1230. The molecule has 4 saturated heterocycles. The number of carbonyl (C=O) groups is 1. The first-order chi connectivity index (χ1) is 17.3. The van der Waals surface area contributed by atoms with Crippen molar-refractivity contribution in [2.45, 2.75) is 32.3 Å². The van der Waals surface area contributed by atoms with E-state index in [0.717, 1.165) is 43.2 Å². The number of nitrogens with zero attached hydrogens (tertiary/aromatic N) is 2. The molecule has 9 nitrogen and oxygen atoms in total. The molecule has 8 rings (SSSR count). The third-order valence-electron chi connectivity index (χ3n) is 8.66. The second-order valence-corrected chi connectivity index (χ2v) is 11.3. The summed E-state index contributed by atoms with van der Waals surface area (Å²) in [5.41, 5.74) is 2.71. The minimum absolute atomic E-state index is 0.0132. The summed E-state index contributed by atoms with van der Waals surface area (Å²) in [5, 5.41) is 3.64. The van der Waals surface area contributed by atoms with Gasteiger partial charge in [0.1, 0.15) is 11.9 Å². The summed E-state index contributed by atoms with van der Waals surface area (Å²) in [4.78, 5) is 17.8. The Morgan fingerprint density at radius 1 is 0.944 bits per heavy atom. The summed E-state index contributed by atoms with van der Waals surface area (Å²) >= 11 is 0. The normalized spacial score (nSPS) is 37.1. The van der Waals surface area contributed by atoms with E-state index in [1.165, 1.54) is 5.56 Å². The topological polar surface area (TPSA) is 81.7 Å². The zero-order valence-electron chi connectivity index (χ0n) is 21.0. The fourth-order valence-corrected chi connectivity index (χ4v) is 7.82. The molecule has 0 radical (unpaired) electrons. The lowest BCUT2D eigenvalue weighted by molar-refractivity contribution is -0.221. The van der Waals surface area contributed by atoms with Crippen LogP contribution in [0.1, 0.15) is 47.5 Å². The van der Waals surface area contributed by atoms with Crippen molar-refractivity contribution < 1.29 is 28.5 Å². The van der Waals surface area contributed by atoms with Gasteiger partial charge in [0.25, 0.3) is 0 Å². The maximum Gasteiger partial charge on any atom is 0.344 e. The quantitative estimate of drug-likeness (QED) is 0.633. The summed E-state index contributed by atoms with van der Waals surface area (Å²) in [6.45, 7) is 8.91. The highest BCUT2D eigenvalue weighted by Gasteiger charge is 2.62. The highest BCUT2D eigenvalue weighted by Crippen LogP contribution is 2.60. The minimum Gasteiger partial charge on any atom is -0.493 e. The van der Waals surface area contributed by atoms with Crippen molar-refractivity contribution >= 4 is 5.97 Å². The molecule has 0 saturated carbocycles. The summed E-state index contributed by atoms with van der Waals surface area (Å²) in [6.07, 6.45) is -0.555. The number of rotatable bonds is 5. The number of cyclic esters (lactones) is 1. The average Bonchev–Trinajstić information content (AvgIpc) is 3.43. The summed E-state index contributed by atoms with van der Waals surface area (Å²) in [6, 6.07) is 10.2. The van der Waals surface area contributed by atoms with E-state index in [-0.39, 0.29) is 17.1 Å². The van der Waals surface area contributed by atoms with E-state index in [1.54, 1.807) is 14.2 Å². The van der Waals surface area contributed by atoms with Gasteiger partial charge in [-0.3, -0.25) is 9.80 Å². The molecule has 6 aliphatic heterocycles. The summed E-state index contributed by atoms with van der Waals surface area (Å²) in [7, 11) is 3.10. The van der Waals surface area contributed by atoms with Gasteiger partial charge in [-0.2, -0.15) is 0 Å². The highest BCUT2D eigenvalue weighted by atomic mass is 16.7. The summed E-state index contributed by atoms with van der Waals surface area (Å²) < 4.78 is 27.9. The number of hydrogen-bond donors (Lipinski definition) is 1. The lowest BCUT2D eigenvalue weighted by Crippen LogP contribution is -2.79. The number of benzene rings is 2. The van der Waals surface area contributed by atoms with Gasteiger partial charge in [0.2, 0.25) is 6.79 Å². The predicted molar refractivity (Wildman–Crippen MR) is 129 cm³/mol. The molecule has 2 aromatic rings. The van der Waals surface area contributed by atoms with Gasteiger partial charge in [0, 0.05) is 42.6 Å². The highest BCUT2D eigenvalue weighted by molar-refractivity contribution is 5.98. The molecular weight excluding hydrogens is 462 g/mol. The first-order valence-electron chi connectivity index (χ1n) is 12.4. The maximum atomic E-state index is 12.8. The van der Waals surface area contributed by atoms with Crippen molar-refractivity contribution in [3.8, 4) is 23.0 Å². The Balaban J connectivity index is 1.16. The molecule has 0 aromatic heterocycles. The van der Waals surface area contributed by atoms with Crippen LogP contribution >= 0.6 is 0 Å². The van der Waals surface area contributed by atoms with Crippen LogP contribution in [0.5, 0.6) is 23.0 Å². The Morgan fingerprint density at radius 3 is 2.31 bits per heavy atom.